The molecule has 14 heavy (non-hydrogen) atoms. The molecule has 1 unspecified atom stereocenters. The van der Waals surface area contributed by atoms with E-state index in [0.717, 1.165) is 11.1 Å². The summed E-state index contributed by atoms with van der Waals surface area (Å²) >= 11 is 0. The Hall–Kier alpha value is -1.31. The lowest BCUT2D eigenvalue weighted by Gasteiger charge is -2.11. The van der Waals surface area contributed by atoms with Gasteiger partial charge >= 0.3 is 5.97 Å². The summed E-state index contributed by atoms with van der Waals surface area (Å²) in [6.07, 6.45) is 0.637. The molecule has 0 aliphatic heterocycles. The Morgan fingerprint density at radius 2 is 2.00 bits per heavy atom. The Morgan fingerprint density at radius 1 is 1.36 bits per heavy atom. The maximum absolute atomic E-state index is 10.9. The van der Waals surface area contributed by atoms with Gasteiger partial charge < -0.3 is 5.11 Å². The monoisotopic (exact) mass is 192 g/mol. The summed E-state index contributed by atoms with van der Waals surface area (Å²) in [5.41, 5.74) is 3.26. The molecule has 0 heterocycles. The van der Waals surface area contributed by atoms with E-state index in [9.17, 15) is 4.79 Å². The van der Waals surface area contributed by atoms with E-state index in [0.29, 0.717) is 6.42 Å². The molecule has 0 fully saturated rings. The average Bonchev–Trinajstić information content (AvgIpc) is 2.11. The Labute approximate surface area is 84.6 Å². The summed E-state index contributed by atoms with van der Waals surface area (Å²) in [5, 5.41) is 8.99. The molecule has 0 saturated carbocycles. The van der Waals surface area contributed by atoms with Crippen LogP contribution in [0.5, 0.6) is 0 Å². The molecule has 2 heteroatoms. The molecule has 0 amide bonds. The van der Waals surface area contributed by atoms with Crippen LogP contribution in [0.15, 0.2) is 18.2 Å². The van der Waals surface area contributed by atoms with Crippen molar-refractivity contribution in [3.63, 3.8) is 0 Å². The smallest absolute Gasteiger partial charge is 0.310 e. The molecule has 76 valence electrons. The van der Waals surface area contributed by atoms with Crippen LogP contribution in [0.1, 0.15) is 36.0 Å². The van der Waals surface area contributed by atoms with E-state index in [1.807, 2.05) is 39.0 Å². The number of hydrogen-bond acceptors (Lipinski definition) is 1. The quantitative estimate of drug-likeness (QED) is 0.799. The van der Waals surface area contributed by atoms with E-state index >= 15 is 0 Å². The maximum atomic E-state index is 10.9. The number of benzene rings is 1. The summed E-state index contributed by atoms with van der Waals surface area (Å²) < 4.78 is 0. The molecule has 0 saturated heterocycles. The zero-order valence-corrected chi connectivity index (χ0v) is 8.87. The lowest BCUT2D eigenvalue weighted by molar-refractivity contribution is -0.138. The van der Waals surface area contributed by atoms with Gasteiger partial charge in [-0.05, 0) is 37.0 Å². The molecule has 0 aliphatic carbocycles. The van der Waals surface area contributed by atoms with E-state index in [1.165, 1.54) is 5.56 Å². The fourth-order valence-corrected chi connectivity index (χ4v) is 1.53. The number of hydrogen-bond donors (Lipinski definition) is 1. The molecule has 0 spiro atoms. The first-order valence-electron chi connectivity index (χ1n) is 4.86. The van der Waals surface area contributed by atoms with Crippen LogP contribution in [0.25, 0.3) is 0 Å². The standard InChI is InChI=1S/C12H16O2/c1-4-11(12(13)14)10-6-5-8(2)9(3)7-10/h5-7,11H,4H2,1-3H3,(H,13,14). The maximum Gasteiger partial charge on any atom is 0.310 e. The minimum atomic E-state index is -0.740. The van der Waals surface area contributed by atoms with Gasteiger partial charge in [-0.15, -0.1) is 0 Å². The number of carboxylic acids is 1. The summed E-state index contributed by atoms with van der Waals surface area (Å²) in [6.45, 7) is 5.93. The largest absolute Gasteiger partial charge is 0.481 e. The van der Waals surface area contributed by atoms with Crippen molar-refractivity contribution in [3.8, 4) is 0 Å². The Morgan fingerprint density at radius 3 is 2.43 bits per heavy atom. The van der Waals surface area contributed by atoms with Crippen molar-refractivity contribution in [2.75, 3.05) is 0 Å². The molecule has 1 rings (SSSR count). The highest BCUT2D eigenvalue weighted by Crippen LogP contribution is 2.22. The van der Waals surface area contributed by atoms with Gasteiger partial charge in [-0.2, -0.15) is 0 Å². The lowest BCUT2D eigenvalue weighted by atomic mass is 9.94. The second-order valence-electron chi connectivity index (χ2n) is 3.64. The van der Waals surface area contributed by atoms with Crippen molar-refractivity contribution >= 4 is 5.97 Å². The topological polar surface area (TPSA) is 37.3 Å². The van der Waals surface area contributed by atoms with Gasteiger partial charge in [0.15, 0.2) is 0 Å². The first-order chi connectivity index (χ1) is 6.56. The van der Waals surface area contributed by atoms with E-state index < -0.39 is 5.97 Å². The predicted octanol–water partition coefficient (Wildman–Crippen LogP) is 2.88. The van der Waals surface area contributed by atoms with Crippen LogP contribution in [0, 0.1) is 13.8 Å². The highest BCUT2D eigenvalue weighted by molar-refractivity contribution is 5.76. The molecule has 1 N–H and O–H groups in total. The van der Waals surface area contributed by atoms with Crippen molar-refractivity contribution in [1.82, 2.24) is 0 Å². The van der Waals surface area contributed by atoms with Crippen LogP contribution < -0.4 is 0 Å². The molecule has 0 aromatic heterocycles. The molecular formula is C12H16O2. The van der Waals surface area contributed by atoms with E-state index in [4.69, 9.17) is 5.11 Å². The second kappa shape index (κ2) is 4.27. The third kappa shape index (κ3) is 2.13. The highest BCUT2D eigenvalue weighted by atomic mass is 16.4. The van der Waals surface area contributed by atoms with Crippen LogP contribution in [0.4, 0.5) is 0 Å². The van der Waals surface area contributed by atoms with Crippen LogP contribution in [0.3, 0.4) is 0 Å². The second-order valence-corrected chi connectivity index (χ2v) is 3.64. The van der Waals surface area contributed by atoms with Gasteiger partial charge in [0.1, 0.15) is 0 Å². The minimum Gasteiger partial charge on any atom is -0.481 e. The van der Waals surface area contributed by atoms with Gasteiger partial charge in [0, 0.05) is 0 Å². The van der Waals surface area contributed by atoms with Crippen molar-refractivity contribution in [2.45, 2.75) is 33.1 Å². The number of rotatable bonds is 3. The van der Waals surface area contributed by atoms with Gasteiger partial charge in [0.05, 0.1) is 5.92 Å². The molecule has 1 atom stereocenters. The molecule has 0 aliphatic rings. The first-order valence-corrected chi connectivity index (χ1v) is 4.86. The zero-order valence-electron chi connectivity index (χ0n) is 8.87. The fraction of sp³-hybridized carbons (Fsp3) is 0.417. The molecular weight excluding hydrogens is 176 g/mol. The summed E-state index contributed by atoms with van der Waals surface area (Å²) in [4.78, 5) is 10.9. The Kier molecular flexibility index (Phi) is 3.28. The lowest BCUT2D eigenvalue weighted by Crippen LogP contribution is -2.10. The van der Waals surface area contributed by atoms with Crippen molar-refractivity contribution in [2.24, 2.45) is 0 Å². The SMILES string of the molecule is CCC(C(=O)O)c1ccc(C)c(C)c1. The number of carboxylic acid groups (broad SMARTS) is 1. The highest BCUT2D eigenvalue weighted by Gasteiger charge is 2.17. The van der Waals surface area contributed by atoms with Crippen LogP contribution in [-0.4, -0.2) is 11.1 Å². The summed E-state index contributed by atoms with van der Waals surface area (Å²) in [5.74, 6) is -1.11. The van der Waals surface area contributed by atoms with Gasteiger partial charge in [-0.25, -0.2) is 0 Å². The number of carbonyl (C=O) groups is 1. The fourth-order valence-electron chi connectivity index (χ4n) is 1.53. The van der Waals surface area contributed by atoms with E-state index in [1.54, 1.807) is 0 Å². The van der Waals surface area contributed by atoms with E-state index in [2.05, 4.69) is 0 Å². The predicted molar refractivity (Wildman–Crippen MR) is 56.6 cm³/mol. The summed E-state index contributed by atoms with van der Waals surface area (Å²) in [6, 6.07) is 5.86. The van der Waals surface area contributed by atoms with Gasteiger partial charge in [0.2, 0.25) is 0 Å². The van der Waals surface area contributed by atoms with Gasteiger partial charge in [-0.1, -0.05) is 25.1 Å². The first kappa shape index (κ1) is 10.8. The molecule has 0 bridgehead atoms. The van der Waals surface area contributed by atoms with Crippen LogP contribution in [0.2, 0.25) is 0 Å². The third-order valence-corrected chi connectivity index (χ3v) is 2.64. The average molecular weight is 192 g/mol. The van der Waals surface area contributed by atoms with E-state index in [-0.39, 0.29) is 5.92 Å². The number of aliphatic carboxylic acids is 1. The molecule has 1 aromatic rings. The van der Waals surface area contributed by atoms with Crippen molar-refractivity contribution in [1.29, 1.82) is 0 Å². The molecule has 2 nitrogen and oxygen atoms in total. The molecule has 0 radical (unpaired) electrons. The third-order valence-electron chi connectivity index (χ3n) is 2.64. The van der Waals surface area contributed by atoms with Crippen LogP contribution >= 0.6 is 0 Å². The van der Waals surface area contributed by atoms with Crippen molar-refractivity contribution < 1.29 is 9.90 Å². The van der Waals surface area contributed by atoms with Gasteiger partial charge in [0.25, 0.3) is 0 Å². The Balaban J connectivity index is 3.06. The minimum absolute atomic E-state index is 0.366. The normalized spacial score (nSPS) is 12.5. The van der Waals surface area contributed by atoms with Crippen LogP contribution in [-0.2, 0) is 4.79 Å². The molecule has 1 aromatic carbocycles. The summed E-state index contributed by atoms with van der Waals surface area (Å²) in [7, 11) is 0. The zero-order chi connectivity index (χ0) is 10.7. The number of aryl methyl sites for hydroxylation is 2. The van der Waals surface area contributed by atoms with Crippen molar-refractivity contribution in [3.05, 3.63) is 34.9 Å². The van der Waals surface area contributed by atoms with Gasteiger partial charge in [-0.3, -0.25) is 4.79 Å². The Bertz CT molecular complexity index is 342.